The maximum Gasteiger partial charge on any atom is 0.276 e. The van der Waals surface area contributed by atoms with Crippen molar-refractivity contribution in [1.29, 1.82) is 0 Å². The highest BCUT2D eigenvalue weighted by Gasteiger charge is 2.53. The molecule has 4 aliphatic rings. The first kappa shape index (κ1) is 31.7. The van der Waals surface area contributed by atoms with Gasteiger partial charge in [-0.05, 0) is 11.6 Å². The van der Waals surface area contributed by atoms with Gasteiger partial charge in [0, 0.05) is 72.9 Å². The van der Waals surface area contributed by atoms with E-state index in [0.29, 0.717) is 23.1 Å². The third-order valence-electron chi connectivity index (χ3n) is 8.48. The molecule has 2 saturated heterocycles. The zero-order chi connectivity index (χ0) is 32.8. The second-order valence-corrected chi connectivity index (χ2v) is 14.5. The van der Waals surface area contributed by atoms with Crippen LogP contribution >= 0.6 is 34.9 Å². The van der Waals surface area contributed by atoms with E-state index in [9.17, 15) is 19.5 Å². The van der Waals surface area contributed by atoms with Crippen molar-refractivity contribution in [3.05, 3.63) is 52.6 Å². The Morgan fingerprint density at radius 1 is 1.32 bits per heavy atom. The van der Waals surface area contributed by atoms with Crippen molar-refractivity contribution in [2.75, 3.05) is 55.4 Å². The van der Waals surface area contributed by atoms with Gasteiger partial charge in [0.2, 0.25) is 5.52 Å². The molecule has 2 unspecified atom stereocenters. The summed E-state index contributed by atoms with van der Waals surface area (Å²) in [6.07, 6.45) is 4.16. The molecule has 2 atom stereocenters. The van der Waals surface area contributed by atoms with Gasteiger partial charge in [0.1, 0.15) is 30.0 Å². The number of aromatic nitrogens is 2. The lowest BCUT2D eigenvalue weighted by atomic mass is 10.0. The molecule has 5 heterocycles. The number of fused-ring (bicyclic) bond motifs is 2. The quantitative estimate of drug-likeness (QED) is 0.0892. The van der Waals surface area contributed by atoms with Crippen molar-refractivity contribution < 1.29 is 33.3 Å². The molecule has 2 amide bonds. The van der Waals surface area contributed by atoms with Crippen molar-refractivity contribution >= 4 is 80.1 Å². The Kier molecular flexibility index (Phi) is 8.71. The summed E-state index contributed by atoms with van der Waals surface area (Å²) in [5.74, 6) is -2.50. The van der Waals surface area contributed by atoms with Crippen LogP contribution in [0.15, 0.2) is 51.1 Å². The number of anilines is 2. The number of amides is 2. The number of hydrogen-bond donors (Lipinski definition) is 3. The molecule has 246 valence electrons. The summed E-state index contributed by atoms with van der Waals surface area (Å²) in [4.78, 5) is 51.6. The molecule has 0 bridgehead atoms. The van der Waals surface area contributed by atoms with Crippen LogP contribution in [0.5, 0.6) is 0 Å². The van der Waals surface area contributed by atoms with Gasteiger partial charge in [-0.1, -0.05) is 5.16 Å². The number of hydrogen-bond acceptors (Lipinski definition) is 13. The fourth-order valence-corrected chi connectivity index (χ4v) is 9.14. The number of nitrogens with two attached hydrogens (primary N) is 1. The molecule has 3 aromatic rings. The molecule has 0 radical (unpaired) electrons. The van der Waals surface area contributed by atoms with E-state index in [-0.39, 0.29) is 33.8 Å². The molecule has 7 rings (SSSR count). The lowest BCUT2D eigenvalue weighted by molar-refractivity contribution is -0.675. The average Bonchev–Trinajstić information content (AvgIpc) is 3.83. The van der Waals surface area contributed by atoms with Gasteiger partial charge in [-0.2, -0.15) is 4.57 Å². The van der Waals surface area contributed by atoms with Crippen LogP contribution in [0.1, 0.15) is 24.6 Å². The number of nitrogens with one attached hydrogen (secondary N) is 2. The van der Waals surface area contributed by atoms with Crippen molar-refractivity contribution in [3.63, 3.8) is 0 Å². The Morgan fingerprint density at radius 2 is 2.11 bits per heavy atom. The van der Waals surface area contributed by atoms with Crippen LogP contribution in [0.2, 0.25) is 0 Å². The van der Waals surface area contributed by atoms with E-state index >= 15 is 4.39 Å². The number of pyridine rings is 1. The number of benzene rings is 1. The van der Waals surface area contributed by atoms with Gasteiger partial charge < -0.3 is 36.0 Å². The van der Waals surface area contributed by atoms with Crippen molar-refractivity contribution in [2.45, 2.75) is 35.2 Å². The molecule has 13 nitrogen and oxygen atoms in total. The van der Waals surface area contributed by atoms with Crippen molar-refractivity contribution in [3.8, 4) is 0 Å². The highest BCUT2D eigenvalue weighted by Crippen LogP contribution is 2.42. The molecule has 1 aromatic carbocycles. The minimum Gasteiger partial charge on any atom is -0.543 e. The summed E-state index contributed by atoms with van der Waals surface area (Å²) >= 11 is 3.86. The molecule has 1 saturated carbocycles. The third kappa shape index (κ3) is 6.00. The van der Waals surface area contributed by atoms with Gasteiger partial charge in [-0.15, -0.1) is 34.9 Å². The fourth-order valence-electron chi connectivity index (χ4n) is 6.07. The smallest absolute Gasteiger partial charge is 0.276 e. The number of carboxylic acids is 1. The Labute approximate surface area is 281 Å². The number of nitrogen functional groups attached to an aromatic ring is 1. The number of oxime groups is 1. The van der Waals surface area contributed by atoms with Gasteiger partial charge in [0.05, 0.1) is 22.7 Å². The third-order valence-corrected chi connectivity index (χ3v) is 11.7. The molecule has 0 spiro atoms. The first-order valence-corrected chi connectivity index (χ1v) is 17.9. The number of β-lactam (4-membered cyclic amide) rings is 1. The van der Waals surface area contributed by atoms with Gasteiger partial charge in [-0.25, -0.2) is 9.37 Å². The van der Waals surface area contributed by atoms with Crippen LogP contribution in [0.25, 0.3) is 10.9 Å². The summed E-state index contributed by atoms with van der Waals surface area (Å²) in [6, 6.07) is 4.85. The number of aliphatic carboxylic acids is 1. The standard InChI is InChI=1S/C30H31FN8O5S3/c1-44-36-23(19-14-47-30(32)34-19)26(40)35-24-27(41)39-25(29(42)43)15(13-46-28(24)39)12-45-22-4-7-38(16-2-3-16)20-11-21(18(31)10-17(20)22)37-8-5-33-6-9-37/h4,7,10-11,14,16,24,28,33H,2-3,5-6,8-9,12-13H2,1H3,(H3-,32,34,35,40,42,43)/b36-23-. The number of piperazine rings is 1. The van der Waals surface area contributed by atoms with E-state index in [1.807, 2.05) is 18.3 Å². The predicted octanol–water partition coefficient (Wildman–Crippen LogP) is 0.596. The number of carbonyl (C=O) groups excluding carboxylic acids is 3. The normalized spacial score (nSPS) is 21.5. The summed E-state index contributed by atoms with van der Waals surface area (Å²) in [5, 5.41) is 24.0. The molecule has 4 N–H and O–H groups in total. The Morgan fingerprint density at radius 3 is 2.79 bits per heavy atom. The number of carbonyl (C=O) groups is 3. The number of thioether (sulfide) groups is 2. The SMILES string of the molecule is CO/N=C(\C(=O)NC1C(=O)N2C(C(=O)[O-])=C(CSc3cc[n+](C4CC4)c4cc(N5CCNCC5)c(F)cc34)CSC12)c1csc(N)n1. The maximum atomic E-state index is 15.6. The van der Waals surface area contributed by atoms with E-state index < -0.39 is 29.2 Å². The highest BCUT2D eigenvalue weighted by molar-refractivity contribution is 8.01. The first-order chi connectivity index (χ1) is 22.7. The van der Waals surface area contributed by atoms with Crippen LogP contribution in [0.4, 0.5) is 15.2 Å². The zero-order valence-corrected chi connectivity index (χ0v) is 27.7. The predicted molar refractivity (Wildman–Crippen MR) is 175 cm³/mol. The van der Waals surface area contributed by atoms with Gasteiger partial charge >= 0.3 is 0 Å². The topological polar surface area (TPSA) is 169 Å². The molecule has 2 aromatic heterocycles. The highest BCUT2D eigenvalue weighted by atomic mass is 32.2. The fraction of sp³-hybridized carbons (Fsp3) is 0.400. The molecule has 1 aliphatic carbocycles. The number of rotatable bonds is 10. The Hall–Kier alpha value is -3.93. The molecular weight excluding hydrogens is 668 g/mol. The van der Waals surface area contributed by atoms with Crippen LogP contribution in [0.3, 0.4) is 0 Å². The van der Waals surface area contributed by atoms with Crippen LogP contribution in [0, 0.1) is 5.82 Å². The average molecular weight is 699 g/mol. The Balaban J connectivity index is 1.11. The summed E-state index contributed by atoms with van der Waals surface area (Å²) < 4.78 is 17.8. The minimum absolute atomic E-state index is 0.158. The van der Waals surface area contributed by atoms with E-state index in [1.165, 1.54) is 35.5 Å². The molecule has 17 heteroatoms. The first-order valence-electron chi connectivity index (χ1n) is 15.0. The zero-order valence-electron chi connectivity index (χ0n) is 25.2. The van der Waals surface area contributed by atoms with Gasteiger partial charge in [0.25, 0.3) is 11.8 Å². The van der Waals surface area contributed by atoms with Crippen LogP contribution in [-0.2, 0) is 19.2 Å². The van der Waals surface area contributed by atoms with Crippen molar-refractivity contribution in [2.24, 2.45) is 5.16 Å². The number of carboxylic acid groups (broad SMARTS) is 1. The summed E-state index contributed by atoms with van der Waals surface area (Å²) in [7, 11) is 1.27. The van der Waals surface area contributed by atoms with Gasteiger partial charge in [0.15, 0.2) is 23.1 Å². The van der Waals surface area contributed by atoms with E-state index in [2.05, 4.69) is 30.2 Å². The van der Waals surface area contributed by atoms with Gasteiger partial charge in [-0.3, -0.25) is 14.5 Å². The molecular formula is C30H31FN8O5S3. The second-order valence-electron chi connectivity index (χ2n) is 11.5. The number of nitrogens with zero attached hydrogens (tertiary/aromatic N) is 5. The van der Waals surface area contributed by atoms with E-state index in [0.717, 1.165) is 66.2 Å². The lowest BCUT2D eigenvalue weighted by Gasteiger charge is -2.50. The number of thiazole rings is 1. The number of halogens is 1. The van der Waals surface area contributed by atoms with Crippen LogP contribution in [-0.4, -0.2) is 89.6 Å². The minimum atomic E-state index is -1.47. The summed E-state index contributed by atoms with van der Waals surface area (Å²) in [6.45, 7) is 3.04. The summed E-state index contributed by atoms with van der Waals surface area (Å²) in [5.41, 5.74) is 7.57. The second kappa shape index (κ2) is 12.9. The molecule has 3 fully saturated rings. The van der Waals surface area contributed by atoms with Crippen LogP contribution < -0.4 is 30.9 Å². The maximum absolute atomic E-state index is 15.6. The lowest BCUT2D eigenvalue weighted by Crippen LogP contribution is -2.71. The van der Waals surface area contributed by atoms with E-state index in [1.54, 1.807) is 11.4 Å². The monoisotopic (exact) mass is 698 g/mol. The van der Waals surface area contributed by atoms with Crippen molar-refractivity contribution in [1.82, 2.24) is 20.5 Å². The Bertz CT molecular complexity index is 1840. The molecule has 47 heavy (non-hydrogen) atoms. The largest absolute Gasteiger partial charge is 0.543 e. The van der Waals surface area contributed by atoms with E-state index in [4.69, 9.17) is 10.6 Å². The molecule has 3 aliphatic heterocycles.